The lowest BCUT2D eigenvalue weighted by Crippen LogP contribution is -2.30. The summed E-state index contributed by atoms with van der Waals surface area (Å²) in [6, 6.07) is 10.9. The van der Waals surface area contributed by atoms with E-state index in [1.165, 1.54) is 11.3 Å². The number of thiazole rings is 1. The number of carbonyl (C=O) groups is 1. The molecule has 0 saturated heterocycles. The monoisotopic (exact) mass is 287 g/mol. The lowest BCUT2D eigenvalue weighted by atomic mass is 10.2. The van der Waals surface area contributed by atoms with Gasteiger partial charge in [-0.15, -0.1) is 0 Å². The molecule has 20 heavy (non-hydrogen) atoms. The summed E-state index contributed by atoms with van der Waals surface area (Å²) in [4.78, 5) is 16.2. The van der Waals surface area contributed by atoms with E-state index in [1.54, 1.807) is 12.3 Å². The van der Waals surface area contributed by atoms with E-state index in [2.05, 4.69) is 15.6 Å². The number of fused-ring (bicyclic) bond motifs is 1. The molecule has 3 rings (SSSR count). The standard InChI is InChI=1S/C14H13N3O2S/c1-9(11-6-4-8-19-11)15-13(18)17-14-16-10-5-2-3-7-12(10)20-14/h2-9H,1H3,(H2,15,16,17,18)/t9-/m1/s1. The molecule has 1 atom stereocenters. The summed E-state index contributed by atoms with van der Waals surface area (Å²) in [6.45, 7) is 1.86. The lowest BCUT2D eigenvalue weighted by molar-refractivity contribution is 0.247. The molecular weight excluding hydrogens is 274 g/mol. The topological polar surface area (TPSA) is 67.2 Å². The fraction of sp³-hybridized carbons (Fsp3) is 0.143. The number of anilines is 1. The highest BCUT2D eigenvalue weighted by Crippen LogP contribution is 2.25. The van der Waals surface area contributed by atoms with E-state index >= 15 is 0 Å². The van der Waals surface area contributed by atoms with Gasteiger partial charge in [-0.05, 0) is 31.2 Å². The molecule has 0 aliphatic rings. The zero-order chi connectivity index (χ0) is 13.9. The van der Waals surface area contributed by atoms with Crippen molar-refractivity contribution in [2.24, 2.45) is 0 Å². The lowest BCUT2D eigenvalue weighted by Gasteiger charge is -2.10. The van der Waals surface area contributed by atoms with Gasteiger partial charge in [0.15, 0.2) is 5.13 Å². The molecule has 0 fully saturated rings. The van der Waals surface area contributed by atoms with E-state index in [1.807, 2.05) is 37.3 Å². The summed E-state index contributed by atoms with van der Waals surface area (Å²) in [7, 11) is 0. The van der Waals surface area contributed by atoms with Gasteiger partial charge in [-0.25, -0.2) is 9.78 Å². The Morgan fingerprint density at radius 1 is 1.30 bits per heavy atom. The molecule has 0 radical (unpaired) electrons. The van der Waals surface area contributed by atoms with Crippen molar-refractivity contribution in [3.05, 3.63) is 48.4 Å². The minimum Gasteiger partial charge on any atom is -0.467 e. The SMILES string of the molecule is C[C@@H](NC(=O)Nc1nc2ccccc2s1)c1ccco1. The van der Waals surface area contributed by atoms with Gasteiger partial charge in [-0.2, -0.15) is 0 Å². The van der Waals surface area contributed by atoms with Crippen LogP contribution in [-0.2, 0) is 0 Å². The van der Waals surface area contributed by atoms with Crippen LogP contribution < -0.4 is 10.6 Å². The molecule has 3 aromatic rings. The molecular formula is C14H13N3O2S. The molecule has 0 spiro atoms. The molecule has 2 heterocycles. The Kier molecular flexibility index (Phi) is 3.39. The minimum atomic E-state index is -0.298. The molecule has 6 heteroatoms. The zero-order valence-electron chi connectivity index (χ0n) is 10.8. The van der Waals surface area contributed by atoms with Gasteiger partial charge < -0.3 is 9.73 Å². The molecule has 0 unspecified atom stereocenters. The van der Waals surface area contributed by atoms with Crippen molar-refractivity contribution in [3.8, 4) is 0 Å². The Morgan fingerprint density at radius 2 is 2.15 bits per heavy atom. The van der Waals surface area contributed by atoms with Crippen molar-refractivity contribution in [2.75, 3.05) is 5.32 Å². The van der Waals surface area contributed by atoms with Gasteiger partial charge in [0.1, 0.15) is 5.76 Å². The highest BCUT2D eigenvalue weighted by Gasteiger charge is 2.13. The molecule has 0 bridgehead atoms. The summed E-state index contributed by atoms with van der Waals surface area (Å²) in [5.41, 5.74) is 0.881. The van der Waals surface area contributed by atoms with Crippen molar-refractivity contribution < 1.29 is 9.21 Å². The van der Waals surface area contributed by atoms with E-state index in [0.717, 1.165) is 10.2 Å². The Labute approximate surface area is 119 Å². The molecule has 0 aliphatic carbocycles. The number of carbonyl (C=O) groups excluding carboxylic acids is 1. The molecule has 0 aliphatic heterocycles. The summed E-state index contributed by atoms with van der Waals surface area (Å²) in [5, 5.41) is 6.12. The third-order valence-electron chi connectivity index (χ3n) is 2.83. The normalized spacial score (nSPS) is 12.2. The van der Waals surface area contributed by atoms with E-state index in [-0.39, 0.29) is 12.1 Å². The Bertz CT molecular complexity index is 688. The quantitative estimate of drug-likeness (QED) is 0.770. The predicted molar refractivity (Wildman–Crippen MR) is 78.9 cm³/mol. The first-order valence-electron chi connectivity index (χ1n) is 6.19. The Balaban J connectivity index is 1.66. The maximum atomic E-state index is 11.9. The number of furan rings is 1. The fourth-order valence-corrected chi connectivity index (χ4v) is 2.73. The van der Waals surface area contributed by atoms with Crippen LogP contribution in [0.25, 0.3) is 10.2 Å². The zero-order valence-corrected chi connectivity index (χ0v) is 11.6. The summed E-state index contributed by atoms with van der Waals surface area (Å²) in [5.74, 6) is 0.712. The van der Waals surface area contributed by atoms with Gasteiger partial charge in [0.2, 0.25) is 0 Å². The molecule has 102 valence electrons. The number of nitrogens with zero attached hydrogens (tertiary/aromatic N) is 1. The second-order valence-corrected chi connectivity index (χ2v) is 5.35. The van der Waals surface area contributed by atoms with Gasteiger partial charge >= 0.3 is 6.03 Å². The van der Waals surface area contributed by atoms with Gasteiger partial charge in [-0.3, -0.25) is 5.32 Å². The predicted octanol–water partition coefficient (Wildman–Crippen LogP) is 3.77. The largest absolute Gasteiger partial charge is 0.467 e. The van der Waals surface area contributed by atoms with Crippen LogP contribution in [0.2, 0.25) is 0 Å². The van der Waals surface area contributed by atoms with E-state index in [0.29, 0.717) is 10.9 Å². The van der Waals surface area contributed by atoms with Crippen LogP contribution in [0, 0.1) is 0 Å². The van der Waals surface area contributed by atoms with E-state index < -0.39 is 0 Å². The number of urea groups is 1. The van der Waals surface area contributed by atoms with Gasteiger partial charge in [0.05, 0.1) is 22.5 Å². The average molecular weight is 287 g/mol. The van der Waals surface area contributed by atoms with Crippen LogP contribution >= 0.6 is 11.3 Å². The van der Waals surface area contributed by atoms with Crippen LogP contribution in [-0.4, -0.2) is 11.0 Å². The van der Waals surface area contributed by atoms with Crippen molar-refractivity contribution in [2.45, 2.75) is 13.0 Å². The summed E-state index contributed by atoms with van der Waals surface area (Å²) < 4.78 is 6.28. The maximum Gasteiger partial charge on any atom is 0.321 e. The highest BCUT2D eigenvalue weighted by atomic mass is 32.1. The number of hydrogen-bond donors (Lipinski definition) is 2. The van der Waals surface area contributed by atoms with Gasteiger partial charge in [0, 0.05) is 0 Å². The highest BCUT2D eigenvalue weighted by molar-refractivity contribution is 7.22. The number of rotatable bonds is 3. The maximum absolute atomic E-state index is 11.9. The number of aromatic nitrogens is 1. The average Bonchev–Trinajstić information content (AvgIpc) is 3.07. The summed E-state index contributed by atoms with van der Waals surface area (Å²) >= 11 is 1.44. The first-order valence-corrected chi connectivity index (χ1v) is 7.00. The number of hydrogen-bond acceptors (Lipinski definition) is 4. The molecule has 2 N–H and O–H groups in total. The van der Waals surface area contributed by atoms with Crippen LogP contribution in [0.1, 0.15) is 18.7 Å². The molecule has 2 amide bonds. The molecule has 5 nitrogen and oxygen atoms in total. The van der Waals surface area contributed by atoms with Crippen molar-refractivity contribution in [1.82, 2.24) is 10.3 Å². The van der Waals surface area contributed by atoms with Gasteiger partial charge in [-0.1, -0.05) is 23.5 Å². The Morgan fingerprint density at radius 3 is 2.90 bits per heavy atom. The number of para-hydroxylation sites is 1. The first kappa shape index (κ1) is 12.7. The van der Waals surface area contributed by atoms with E-state index in [9.17, 15) is 4.79 Å². The minimum absolute atomic E-state index is 0.195. The second kappa shape index (κ2) is 5.34. The summed E-state index contributed by atoms with van der Waals surface area (Å²) in [6.07, 6.45) is 1.58. The van der Waals surface area contributed by atoms with Gasteiger partial charge in [0.25, 0.3) is 0 Å². The van der Waals surface area contributed by atoms with Crippen LogP contribution in [0.4, 0.5) is 9.93 Å². The van der Waals surface area contributed by atoms with Crippen molar-refractivity contribution in [3.63, 3.8) is 0 Å². The van der Waals surface area contributed by atoms with Crippen molar-refractivity contribution in [1.29, 1.82) is 0 Å². The molecule has 0 saturated carbocycles. The van der Waals surface area contributed by atoms with Crippen molar-refractivity contribution >= 4 is 32.7 Å². The number of amides is 2. The first-order chi connectivity index (χ1) is 9.72. The third kappa shape index (κ3) is 2.65. The number of benzene rings is 1. The molecule has 2 aromatic heterocycles. The van der Waals surface area contributed by atoms with E-state index in [4.69, 9.17) is 4.42 Å². The van der Waals surface area contributed by atoms with Crippen LogP contribution in [0.3, 0.4) is 0 Å². The third-order valence-corrected chi connectivity index (χ3v) is 3.78. The smallest absolute Gasteiger partial charge is 0.321 e. The van der Waals surface area contributed by atoms with Crippen LogP contribution in [0.5, 0.6) is 0 Å². The molecule has 1 aromatic carbocycles. The fourth-order valence-electron chi connectivity index (χ4n) is 1.86. The second-order valence-electron chi connectivity index (χ2n) is 4.32. The Hall–Kier alpha value is -2.34. The number of nitrogens with one attached hydrogen (secondary N) is 2. The van der Waals surface area contributed by atoms with Crippen LogP contribution in [0.15, 0.2) is 47.1 Å².